The number of aryl methyl sites for hydroxylation is 2. The first-order valence-corrected chi connectivity index (χ1v) is 11.1. The van der Waals surface area contributed by atoms with Crippen LogP contribution >= 0.6 is 0 Å². The maximum Gasteiger partial charge on any atom is 0.291 e. The van der Waals surface area contributed by atoms with Crippen molar-refractivity contribution in [2.45, 2.75) is 58.7 Å². The average Bonchev–Trinajstić information content (AvgIpc) is 3.08. The number of benzene rings is 2. The second-order valence-electron chi connectivity index (χ2n) is 8.34. The molecule has 1 aliphatic heterocycles. The molecule has 2 atom stereocenters. The van der Waals surface area contributed by atoms with Crippen molar-refractivity contribution in [1.82, 2.24) is 5.16 Å². The van der Waals surface area contributed by atoms with Crippen LogP contribution in [0.25, 0.3) is 11.1 Å². The van der Waals surface area contributed by atoms with Gasteiger partial charge >= 0.3 is 0 Å². The third-order valence-corrected chi connectivity index (χ3v) is 6.25. The molecule has 2 aromatic carbocycles. The molecule has 7 nitrogen and oxygen atoms in total. The number of unbranched alkanes of at least 4 members (excludes halogenated alkanes) is 1. The highest BCUT2D eigenvalue weighted by atomic mass is 16.5. The highest BCUT2D eigenvalue weighted by molar-refractivity contribution is 5.74. The van der Waals surface area contributed by atoms with Gasteiger partial charge in [0.25, 0.3) is 17.8 Å². The van der Waals surface area contributed by atoms with Gasteiger partial charge < -0.3 is 9.26 Å². The van der Waals surface area contributed by atoms with E-state index in [0.717, 1.165) is 50.3 Å². The Hall–Kier alpha value is -3.35. The van der Waals surface area contributed by atoms with Crippen LogP contribution in [-0.2, 0) is 6.54 Å². The number of rotatable bonds is 6. The van der Waals surface area contributed by atoms with Crippen LogP contribution in [0.4, 0.5) is 5.69 Å². The third kappa shape index (κ3) is 3.83. The molecule has 0 aliphatic carbocycles. The minimum atomic E-state index is -0.612. The Kier molecular flexibility index (Phi) is 6.17. The van der Waals surface area contributed by atoms with Gasteiger partial charge in [-0.2, -0.15) is 0 Å². The van der Waals surface area contributed by atoms with E-state index in [0.29, 0.717) is 23.6 Å². The molecule has 1 aromatic heterocycles. The van der Waals surface area contributed by atoms with Gasteiger partial charge in [-0.15, -0.1) is 0 Å². The van der Waals surface area contributed by atoms with Crippen LogP contribution in [0, 0.1) is 23.7 Å². The van der Waals surface area contributed by atoms with Gasteiger partial charge in [0.15, 0.2) is 0 Å². The molecule has 166 valence electrons. The number of aromatic nitrogens is 1. The number of methoxy groups -OCH3 is 1. The van der Waals surface area contributed by atoms with E-state index >= 15 is 0 Å². The molecular weight excluding hydrogens is 406 g/mol. The van der Waals surface area contributed by atoms with Crippen molar-refractivity contribution in [1.29, 1.82) is 0 Å². The van der Waals surface area contributed by atoms with Crippen molar-refractivity contribution < 1.29 is 18.8 Å². The van der Waals surface area contributed by atoms with Gasteiger partial charge in [-0.05, 0) is 38.5 Å². The first kappa shape index (κ1) is 21.9. The lowest BCUT2D eigenvalue weighted by atomic mass is 9.92. The number of hydrogen-bond donors (Lipinski definition) is 0. The Morgan fingerprint density at radius 1 is 1.16 bits per heavy atom. The highest BCUT2D eigenvalue weighted by Gasteiger charge is 2.50. The molecule has 1 aliphatic rings. The quantitative estimate of drug-likeness (QED) is 0.446. The van der Waals surface area contributed by atoms with E-state index in [1.165, 1.54) is 0 Å². The molecule has 0 spiro atoms. The number of nitrogens with zero attached hydrogens (tertiary/aromatic N) is 3. The van der Waals surface area contributed by atoms with E-state index in [1.807, 2.05) is 50.2 Å². The maximum atomic E-state index is 13.5. The molecular formula is C25H29N3O4+2. The zero-order valence-corrected chi connectivity index (χ0v) is 19.0. The lowest BCUT2D eigenvalue weighted by Gasteiger charge is -2.15. The summed E-state index contributed by atoms with van der Waals surface area (Å²) in [5.41, 5.74) is 4.61. The van der Waals surface area contributed by atoms with Gasteiger partial charge in [0.2, 0.25) is 6.54 Å². The summed E-state index contributed by atoms with van der Waals surface area (Å²) in [7, 11) is 1.60. The number of hydrogen-bond acceptors (Lipinski definition) is 5. The number of nitroso groups, excluding NO2 is 2. The molecule has 2 unspecified atom stereocenters. The Morgan fingerprint density at radius 2 is 1.94 bits per heavy atom. The van der Waals surface area contributed by atoms with Crippen LogP contribution in [0.15, 0.2) is 47.0 Å². The monoisotopic (exact) mass is 435 g/mol. The molecule has 4 rings (SSSR count). The van der Waals surface area contributed by atoms with Crippen molar-refractivity contribution in [3.8, 4) is 16.9 Å². The van der Waals surface area contributed by atoms with Crippen LogP contribution in [-0.4, -0.2) is 27.8 Å². The fourth-order valence-corrected chi connectivity index (χ4v) is 4.67. The van der Waals surface area contributed by atoms with Gasteiger partial charge in [-0.25, -0.2) is 0 Å². The smallest absolute Gasteiger partial charge is 0.291 e. The lowest BCUT2D eigenvalue weighted by Crippen LogP contribution is -2.32. The molecule has 2 heterocycles. The van der Waals surface area contributed by atoms with Gasteiger partial charge in [0.1, 0.15) is 11.5 Å². The standard InChI is InChI=1S/C25H29N3O4/c1-5-6-10-22-25(27(29)15-19-9-7-8-11-21(19)28(22)30)18-12-13-20(23(14-18)31-4)24-16(2)26-32-17(24)3/h7-9,11-14,22,25H,5-6,10,15H2,1-4H3/q+2. The molecule has 0 N–H and O–H groups in total. The maximum absolute atomic E-state index is 13.5. The summed E-state index contributed by atoms with van der Waals surface area (Å²) in [4.78, 5) is 26.9. The minimum Gasteiger partial charge on any atom is -0.496 e. The largest absolute Gasteiger partial charge is 0.496 e. The minimum absolute atomic E-state index is 0.163. The van der Waals surface area contributed by atoms with Crippen molar-refractivity contribution in [3.05, 3.63) is 74.9 Å². The average molecular weight is 436 g/mol. The molecule has 7 heteroatoms. The zero-order chi connectivity index (χ0) is 22.8. The molecule has 0 saturated heterocycles. The Balaban J connectivity index is 1.81. The molecule has 0 saturated carbocycles. The van der Waals surface area contributed by atoms with E-state index < -0.39 is 12.1 Å². The second kappa shape index (κ2) is 9.02. The summed E-state index contributed by atoms with van der Waals surface area (Å²) in [5.74, 6) is 1.33. The Bertz CT molecular complexity index is 1150. The summed E-state index contributed by atoms with van der Waals surface area (Å²) < 4.78 is 13.1. The normalized spacial score (nSPS) is 18.4. The molecule has 0 amide bonds. The number of para-hydroxylation sites is 1. The van der Waals surface area contributed by atoms with E-state index in [4.69, 9.17) is 9.26 Å². The predicted octanol–water partition coefficient (Wildman–Crippen LogP) is 5.97. The van der Waals surface area contributed by atoms with Crippen molar-refractivity contribution in [3.63, 3.8) is 0 Å². The van der Waals surface area contributed by atoms with E-state index in [9.17, 15) is 9.81 Å². The summed E-state index contributed by atoms with van der Waals surface area (Å²) in [5, 5.41) is 4.05. The predicted molar refractivity (Wildman–Crippen MR) is 121 cm³/mol. The van der Waals surface area contributed by atoms with Gasteiger partial charge in [0, 0.05) is 42.9 Å². The summed E-state index contributed by atoms with van der Waals surface area (Å²) in [6.07, 6.45) is 2.45. The molecule has 3 aromatic rings. The van der Waals surface area contributed by atoms with Gasteiger partial charge in [-0.3, -0.25) is 0 Å². The SMILES string of the molecule is CCCCC1C(c2ccc(-c3c(C)noc3C)c(OC)c2)[N+](=O)Cc2ccccc2[N+]1=O. The van der Waals surface area contributed by atoms with Gasteiger partial charge in [-0.1, -0.05) is 36.7 Å². The molecule has 0 fully saturated rings. The second-order valence-corrected chi connectivity index (χ2v) is 8.34. The van der Waals surface area contributed by atoms with Crippen molar-refractivity contribution in [2.75, 3.05) is 7.11 Å². The van der Waals surface area contributed by atoms with E-state index in [-0.39, 0.29) is 6.54 Å². The van der Waals surface area contributed by atoms with Crippen LogP contribution in [0.3, 0.4) is 0 Å². The fraction of sp³-hybridized carbons (Fsp3) is 0.400. The first-order chi connectivity index (χ1) is 15.5. The van der Waals surface area contributed by atoms with Crippen molar-refractivity contribution in [2.24, 2.45) is 0 Å². The summed E-state index contributed by atoms with van der Waals surface area (Å²) in [6, 6.07) is 12.0. The van der Waals surface area contributed by atoms with Crippen LogP contribution in [0.1, 0.15) is 54.8 Å². The van der Waals surface area contributed by atoms with Crippen molar-refractivity contribution >= 4 is 5.69 Å². The zero-order valence-electron chi connectivity index (χ0n) is 19.0. The van der Waals surface area contributed by atoms with Crippen LogP contribution < -0.4 is 4.74 Å². The fourth-order valence-electron chi connectivity index (χ4n) is 4.67. The Labute approximate surface area is 187 Å². The van der Waals surface area contributed by atoms with E-state index in [2.05, 4.69) is 12.1 Å². The number of fused-ring (bicyclic) bond motifs is 1. The Morgan fingerprint density at radius 3 is 2.62 bits per heavy atom. The first-order valence-electron chi connectivity index (χ1n) is 11.1. The highest BCUT2D eigenvalue weighted by Crippen LogP contribution is 2.40. The topological polar surface area (TPSA) is 75.4 Å². The summed E-state index contributed by atoms with van der Waals surface area (Å²) in [6.45, 7) is 6.00. The number of ether oxygens (including phenoxy) is 1. The summed E-state index contributed by atoms with van der Waals surface area (Å²) >= 11 is 0. The third-order valence-electron chi connectivity index (χ3n) is 6.25. The van der Waals surface area contributed by atoms with Crippen LogP contribution in [0.2, 0.25) is 0 Å². The van der Waals surface area contributed by atoms with Crippen LogP contribution in [0.5, 0.6) is 5.75 Å². The lowest BCUT2D eigenvalue weighted by molar-refractivity contribution is -0.652. The molecule has 0 radical (unpaired) electrons. The van der Waals surface area contributed by atoms with E-state index in [1.54, 1.807) is 13.2 Å². The molecule has 32 heavy (non-hydrogen) atoms. The van der Waals surface area contributed by atoms with Gasteiger partial charge in [0.05, 0.1) is 23.9 Å². The molecule has 0 bridgehead atoms.